The van der Waals surface area contributed by atoms with Gasteiger partial charge in [-0.25, -0.2) is 0 Å². The van der Waals surface area contributed by atoms with E-state index in [4.69, 9.17) is 4.74 Å². The third-order valence-electron chi connectivity index (χ3n) is 6.07. The molecule has 0 atom stereocenters. The van der Waals surface area contributed by atoms with Crippen LogP contribution in [-0.2, 0) is 4.74 Å². The molecule has 172 valence electrons. The first-order chi connectivity index (χ1) is 14.9. The number of ether oxygens (including phenoxy) is 1. The Kier molecular flexibility index (Phi) is 10.7. The molecule has 0 unspecified atom stereocenters. The van der Waals surface area contributed by atoms with Crippen LogP contribution in [0.2, 0.25) is 0 Å². The third kappa shape index (κ3) is 8.42. The lowest BCUT2D eigenvalue weighted by molar-refractivity contribution is -0.384. The van der Waals surface area contributed by atoms with Crippen LogP contribution in [0.25, 0.3) is 0 Å². The maximum atomic E-state index is 12.7. The molecule has 0 radical (unpaired) electrons. The number of carbonyl (C=O) groups is 1. The lowest BCUT2D eigenvalue weighted by Crippen LogP contribution is -2.40. The van der Waals surface area contributed by atoms with Crippen LogP contribution >= 0.6 is 0 Å². The molecule has 0 bridgehead atoms. The van der Waals surface area contributed by atoms with Gasteiger partial charge in [-0.1, -0.05) is 18.9 Å². The Morgan fingerprint density at radius 2 is 1.77 bits per heavy atom. The predicted molar refractivity (Wildman–Crippen MR) is 123 cm³/mol. The first-order valence-electron chi connectivity index (χ1n) is 11.3. The standard InChI is InChI=1S/C24H37N3O4/c1-4-17-25(2)18-7-5-6-8-19-31-23-15-13-21(14-16-23)26(3)24(28)20-9-11-22(12-10-20)27(29)30/h4,9-12,21,23H,1,5-8,13-19H2,2-3H3/t21-,23-. The molecule has 7 heteroatoms. The lowest BCUT2D eigenvalue weighted by atomic mass is 9.91. The number of hydrogen-bond donors (Lipinski definition) is 0. The van der Waals surface area contributed by atoms with Gasteiger partial charge in [0.1, 0.15) is 0 Å². The monoisotopic (exact) mass is 431 g/mol. The van der Waals surface area contributed by atoms with E-state index in [1.165, 1.54) is 43.5 Å². The number of likely N-dealkylation sites (N-methyl/N-ethyl adjacent to an activating group) is 1. The van der Waals surface area contributed by atoms with Gasteiger partial charge in [0.15, 0.2) is 0 Å². The van der Waals surface area contributed by atoms with Gasteiger partial charge in [0.05, 0.1) is 11.0 Å². The van der Waals surface area contributed by atoms with E-state index in [1.807, 2.05) is 13.1 Å². The molecule has 7 nitrogen and oxygen atoms in total. The fourth-order valence-electron chi connectivity index (χ4n) is 4.09. The number of nitrogens with zero attached hydrogens (tertiary/aromatic N) is 3. The van der Waals surface area contributed by atoms with E-state index in [-0.39, 0.29) is 23.7 Å². The molecule has 0 heterocycles. The molecule has 1 amide bonds. The number of non-ortho nitro benzene ring substituents is 1. The number of hydrogen-bond acceptors (Lipinski definition) is 5. The van der Waals surface area contributed by atoms with Crippen LogP contribution in [0.1, 0.15) is 61.7 Å². The quantitative estimate of drug-likeness (QED) is 0.196. The molecule has 31 heavy (non-hydrogen) atoms. The summed E-state index contributed by atoms with van der Waals surface area (Å²) in [6.45, 7) is 6.63. The Balaban J connectivity index is 1.61. The van der Waals surface area contributed by atoms with Crippen molar-refractivity contribution in [3.63, 3.8) is 0 Å². The number of nitro benzene ring substituents is 1. The van der Waals surface area contributed by atoms with Gasteiger partial charge in [-0.2, -0.15) is 0 Å². The highest BCUT2D eigenvalue weighted by molar-refractivity contribution is 5.94. The summed E-state index contributed by atoms with van der Waals surface area (Å²) in [7, 11) is 3.94. The van der Waals surface area contributed by atoms with Gasteiger partial charge in [-0.3, -0.25) is 14.9 Å². The van der Waals surface area contributed by atoms with E-state index >= 15 is 0 Å². The molecular formula is C24H37N3O4. The average Bonchev–Trinajstić information content (AvgIpc) is 2.78. The summed E-state index contributed by atoms with van der Waals surface area (Å²) in [5.41, 5.74) is 0.485. The molecule has 1 fully saturated rings. The van der Waals surface area contributed by atoms with E-state index in [2.05, 4.69) is 18.5 Å². The molecule has 1 aromatic rings. The first-order valence-corrected chi connectivity index (χ1v) is 11.3. The van der Waals surface area contributed by atoms with Gasteiger partial charge >= 0.3 is 0 Å². The summed E-state index contributed by atoms with van der Waals surface area (Å²) in [6, 6.07) is 6.01. The number of benzene rings is 1. The minimum Gasteiger partial charge on any atom is -0.378 e. The van der Waals surface area contributed by atoms with Gasteiger partial charge in [0.25, 0.3) is 11.6 Å². The fraction of sp³-hybridized carbons (Fsp3) is 0.625. The van der Waals surface area contributed by atoms with Crippen LogP contribution in [0.3, 0.4) is 0 Å². The van der Waals surface area contributed by atoms with E-state index in [0.717, 1.165) is 51.8 Å². The van der Waals surface area contributed by atoms with Gasteiger partial charge in [0.2, 0.25) is 0 Å². The fourth-order valence-corrected chi connectivity index (χ4v) is 4.09. The SMILES string of the molecule is C=CCN(C)CCCCCCO[C@H]1CC[C@H](N(C)C(=O)c2ccc([N+](=O)[O-])cc2)CC1. The highest BCUT2D eigenvalue weighted by Gasteiger charge is 2.27. The van der Waals surface area contributed by atoms with Crippen molar-refractivity contribution >= 4 is 11.6 Å². The zero-order valence-corrected chi connectivity index (χ0v) is 19.0. The summed E-state index contributed by atoms with van der Waals surface area (Å²) in [6.07, 6.45) is 10.8. The minimum atomic E-state index is -0.456. The maximum absolute atomic E-state index is 12.7. The number of carbonyl (C=O) groups excluding carboxylic acids is 1. The van der Waals surface area contributed by atoms with Gasteiger partial charge in [-0.05, 0) is 64.3 Å². The molecule has 0 N–H and O–H groups in total. The molecular weight excluding hydrogens is 394 g/mol. The molecule has 0 saturated heterocycles. The molecule has 0 aliphatic heterocycles. The third-order valence-corrected chi connectivity index (χ3v) is 6.07. The highest BCUT2D eigenvalue weighted by Crippen LogP contribution is 2.26. The molecule has 1 aliphatic carbocycles. The average molecular weight is 432 g/mol. The second-order valence-corrected chi connectivity index (χ2v) is 8.49. The smallest absolute Gasteiger partial charge is 0.269 e. The number of rotatable bonds is 13. The van der Waals surface area contributed by atoms with Gasteiger partial charge < -0.3 is 14.5 Å². The van der Waals surface area contributed by atoms with E-state index in [0.29, 0.717) is 5.56 Å². The van der Waals surface area contributed by atoms with Crippen molar-refractivity contribution < 1.29 is 14.5 Å². The minimum absolute atomic E-state index is 0.00288. The normalized spacial score (nSPS) is 18.7. The predicted octanol–water partition coefficient (Wildman–Crippen LogP) is 4.67. The molecule has 1 aromatic carbocycles. The number of unbranched alkanes of at least 4 members (excludes halogenated alkanes) is 3. The van der Waals surface area contributed by atoms with Crippen LogP contribution in [0, 0.1) is 10.1 Å². The summed E-state index contributed by atoms with van der Waals surface area (Å²) >= 11 is 0. The summed E-state index contributed by atoms with van der Waals surface area (Å²) in [4.78, 5) is 27.1. The molecule has 1 saturated carbocycles. The topological polar surface area (TPSA) is 75.9 Å². The van der Waals surface area contributed by atoms with Crippen molar-refractivity contribution in [2.45, 2.75) is 63.5 Å². The zero-order chi connectivity index (χ0) is 22.6. The Morgan fingerprint density at radius 1 is 1.13 bits per heavy atom. The van der Waals surface area contributed by atoms with E-state index < -0.39 is 4.92 Å². The zero-order valence-electron chi connectivity index (χ0n) is 19.0. The van der Waals surface area contributed by atoms with Crippen molar-refractivity contribution in [3.8, 4) is 0 Å². The van der Waals surface area contributed by atoms with Crippen molar-refractivity contribution in [3.05, 3.63) is 52.6 Å². The van der Waals surface area contributed by atoms with Crippen molar-refractivity contribution in [2.75, 3.05) is 33.8 Å². The maximum Gasteiger partial charge on any atom is 0.269 e. The molecule has 0 spiro atoms. The Bertz CT molecular complexity index is 699. The highest BCUT2D eigenvalue weighted by atomic mass is 16.6. The van der Waals surface area contributed by atoms with Crippen LogP contribution in [-0.4, -0.2) is 66.6 Å². The van der Waals surface area contributed by atoms with E-state index in [9.17, 15) is 14.9 Å². The lowest BCUT2D eigenvalue weighted by Gasteiger charge is -2.34. The van der Waals surface area contributed by atoms with Crippen LogP contribution < -0.4 is 0 Å². The largest absolute Gasteiger partial charge is 0.378 e. The second kappa shape index (κ2) is 13.2. The molecule has 1 aliphatic rings. The van der Waals surface area contributed by atoms with Gasteiger partial charge in [-0.15, -0.1) is 6.58 Å². The first kappa shape index (κ1) is 25.0. The number of amides is 1. The van der Waals surface area contributed by atoms with Crippen LogP contribution in [0.5, 0.6) is 0 Å². The van der Waals surface area contributed by atoms with Crippen molar-refractivity contribution in [2.24, 2.45) is 0 Å². The molecule has 2 rings (SSSR count). The van der Waals surface area contributed by atoms with Gasteiger partial charge in [0, 0.05) is 43.9 Å². The van der Waals surface area contributed by atoms with Crippen molar-refractivity contribution in [1.82, 2.24) is 9.80 Å². The number of nitro groups is 1. The Labute approximate surface area is 186 Å². The van der Waals surface area contributed by atoms with Crippen LogP contribution in [0.4, 0.5) is 5.69 Å². The second-order valence-electron chi connectivity index (χ2n) is 8.49. The Hall–Kier alpha value is -2.25. The summed E-state index contributed by atoms with van der Waals surface area (Å²) < 4.78 is 6.07. The van der Waals surface area contributed by atoms with Crippen molar-refractivity contribution in [1.29, 1.82) is 0 Å². The molecule has 0 aromatic heterocycles. The summed E-state index contributed by atoms with van der Waals surface area (Å²) in [5, 5.41) is 10.8. The summed E-state index contributed by atoms with van der Waals surface area (Å²) in [5.74, 6) is -0.0852. The van der Waals surface area contributed by atoms with Crippen LogP contribution in [0.15, 0.2) is 36.9 Å². The van der Waals surface area contributed by atoms with E-state index in [1.54, 1.807) is 4.90 Å². The Morgan fingerprint density at radius 3 is 2.39 bits per heavy atom.